The van der Waals surface area contributed by atoms with Gasteiger partial charge in [-0.05, 0) is 17.7 Å². The van der Waals surface area contributed by atoms with Crippen LogP contribution in [0.5, 0.6) is 0 Å². The lowest BCUT2D eigenvalue weighted by molar-refractivity contribution is -0.116. The standard InChI is InChI=1S/C14H16ClN3O3S2/c1-18(23(2,20)21)9-13(19)17-14-16-8-12(22-14)7-10-4-3-5-11(15)6-10/h3-6,8H,7,9H2,1-2H3,(H,16,17,19). The molecule has 1 amide bonds. The Morgan fingerprint density at radius 1 is 1.43 bits per heavy atom. The van der Waals surface area contributed by atoms with Gasteiger partial charge in [0.05, 0.1) is 12.8 Å². The summed E-state index contributed by atoms with van der Waals surface area (Å²) in [5.41, 5.74) is 1.05. The van der Waals surface area contributed by atoms with Crippen molar-refractivity contribution in [2.45, 2.75) is 6.42 Å². The molecule has 23 heavy (non-hydrogen) atoms. The lowest BCUT2D eigenvalue weighted by Crippen LogP contribution is -2.34. The largest absolute Gasteiger partial charge is 0.301 e. The number of hydrogen-bond donors (Lipinski definition) is 1. The Bertz CT molecular complexity index is 805. The van der Waals surface area contributed by atoms with Crippen LogP contribution in [0, 0.1) is 0 Å². The molecule has 0 radical (unpaired) electrons. The Morgan fingerprint density at radius 3 is 2.83 bits per heavy atom. The predicted octanol–water partition coefficient (Wildman–Crippen LogP) is 2.22. The molecule has 2 rings (SSSR count). The Morgan fingerprint density at radius 2 is 2.17 bits per heavy atom. The van der Waals surface area contributed by atoms with Gasteiger partial charge in [0, 0.05) is 29.6 Å². The normalized spacial score (nSPS) is 11.7. The van der Waals surface area contributed by atoms with Gasteiger partial charge in [-0.2, -0.15) is 4.31 Å². The fraction of sp³-hybridized carbons (Fsp3) is 0.286. The van der Waals surface area contributed by atoms with Crippen molar-refractivity contribution in [1.29, 1.82) is 0 Å². The van der Waals surface area contributed by atoms with E-state index in [0.717, 1.165) is 21.0 Å². The molecule has 0 atom stereocenters. The number of thiazole rings is 1. The van der Waals surface area contributed by atoms with Gasteiger partial charge in [0.2, 0.25) is 15.9 Å². The molecular formula is C14H16ClN3O3S2. The average Bonchev–Trinajstić information content (AvgIpc) is 2.84. The highest BCUT2D eigenvalue weighted by Gasteiger charge is 2.16. The third-order valence-corrected chi connectivity index (χ3v) is 5.41. The van der Waals surface area contributed by atoms with E-state index in [1.165, 1.54) is 18.4 Å². The fourth-order valence-electron chi connectivity index (χ4n) is 1.77. The molecule has 1 aromatic carbocycles. The molecule has 1 aromatic heterocycles. The summed E-state index contributed by atoms with van der Waals surface area (Å²) in [6.45, 7) is -0.248. The summed E-state index contributed by atoms with van der Waals surface area (Å²) in [7, 11) is -2.04. The van der Waals surface area contributed by atoms with Crippen LogP contribution in [0.4, 0.5) is 5.13 Å². The number of amides is 1. The predicted molar refractivity (Wildman–Crippen MR) is 92.5 cm³/mol. The number of sulfonamides is 1. The van der Waals surface area contributed by atoms with Crippen molar-refractivity contribution in [2.75, 3.05) is 25.2 Å². The van der Waals surface area contributed by atoms with Crippen molar-refractivity contribution < 1.29 is 13.2 Å². The second-order valence-electron chi connectivity index (χ2n) is 5.01. The van der Waals surface area contributed by atoms with E-state index in [0.29, 0.717) is 16.6 Å². The van der Waals surface area contributed by atoms with E-state index in [1.54, 1.807) is 6.20 Å². The zero-order valence-corrected chi connectivity index (χ0v) is 15.0. The van der Waals surface area contributed by atoms with E-state index < -0.39 is 15.9 Å². The number of rotatable bonds is 6. The van der Waals surface area contributed by atoms with Gasteiger partial charge in [-0.15, -0.1) is 11.3 Å². The molecule has 2 aromatic rings. The highest BCUT2D eigenvalue weighted by molar-refractivity contribution is 7.88. The summed E-state index contributed by atoms with van der Waals surface area (Å²) in [6, 6.07) is 7.52. The van der Waals surface area contributed by atoms with Crippen molar-refractivity contribution in [2.24, 2.45) is 0 Å². The van der Waals surface area contributed by atoms with E-state index in [-0.39, 0.29) is 6.54 Å². The number of anilines is 1. The minimum absolute atomic E-state index is 0.248. The molecule has 0 unspecified atom stereocenters. The summed E-state index contributed by atoms with van der Waals surface area (Å²) in [4.78, 5) is 16.9. The van der Waals surface area contributed by atoms with Crippen molar-refractivity contribution >= 4 is 44.0 Å². The van der Waals surface area contributed by atoms with E-state index in [9.17, 15) is 13.2 Å². The minimum atomic E-state index is -3.39. The monoisotopic (exact) mass is 373 g/mol. The van der Waals surface area contributed by atoms with Crippen molar-refractivity contribution in [1.82, 2.24) is 9.29 Å². The van der Waals surface area contributed by atoms with Crippen LogP contribution in [0.15, 0.2) is 30.5 Å². The van der Waals surface area contributed by atoms with Gasteiger partial charge >= 0.3 is 0 Å². The number of aromatic nitrogens is 1. The first-order valence-corrected chi connectivity index (χ1v) is 9.68. The number of carbonyl (C=O) groups excluding carboxylic acids is 1. The fourth-order valence-corrected chi connectivity index (χ4v) is 3.20. The van der Waals surface area contributed by atoms with Gasteiger partial charge in [-0.25, -0.2) is 13.4 Å². The summed E-state index contributed by atoms with van der Waals surface area (Å²) < 4.78 is 23.5. The number of halogens is 1. The maximum Gasteiger partial charge on any atom is 0.241 e. The molecular weight excluding hydrogens is 358 g/mol. The molecule has 0 aliphatic heterocycles. The minimum Gasteiger partial charge on any atom is -0.301 e. The number of likely N-dealkylation sites (N-methyl/N-ethyl adjacent to an activating group) is 1. The van der Waals surface area contributed by atoms with E-state index >= 15 is 0 Å². The Balaban J connectivity index is 1.96. The van der Waals surface area contributed by atoms with E-state index in [2.05, 4.69) is 10.3 Å². The zero-order chi connectivity index (χ0) is 17.0. The third-order valence-electron chi connectivity index (χ3n) is 3.00. The first-order valence-electron chi connectivity index (χ1n) is 6.64. The van der Waals surface area contributed by atoms with Crippen molar-refractivity contribution in [3.8, 4) is 0 Å². The topological polar surface area (TPSA) is 79.4 Å². The summed E-state index contributed by atoms with van der Waals surface area (Å²) in [5, 5.41) is 3.71. The van der Waals surface area contributed by atoms with Gasteiger partial charge in [0.15, 0.2) is 5.13 Å². The van der Waals surface area contributed by atoms with Crippen molar-refractivity contribution in [3.05, 3.63) is 45.9 Å². The molecule has 9 heteroatoms. The molecule has 0 saturated carbocycles. The first kappa shape index (κ1) is 17.9. The molecule has 0 bridgehead atoms. The summed E-state index contributed by atoms with van der Waals surface area (Å²) in [5.74, 6) is -0.429. The number of carbonyl (C=O) groups is 1. The molecule has 0 spiro atoms. The van der Waals surface area contributed by atoms with Gasteiger partial charge in [-0.3, -0.25) is 4.79 Å². The second-order valence-corrected chi connectivity index (χ2v) is 8.65. The Kier molecular flexibility index (Phi) is 5.74. The van der Waals surface area contributed by atoms with E-state index in [4.69, 9.17) is 11.6 Å². The van der Waals surface area contributed by atoms with E-state index in [1.807, 2.05) is 24.3 Å². The molecule has 1 N–H and O–H groups in total. The van der Waals surface area contributed by atoms with Gasteiger partial charge in [0.25, 0.3) is 0 Å². The SMILES string of the molecule is CN(CC(=O)Nc1ncc(Cc2cccc(Cl)c2)s1)S(C)(=O)=O. The second kappa shape index (κ2) is 7.39. The Hall–Kier alpha value is -1.48. The van der Waals surface area contributed by atoms with Gasteiger partial charge in [0.1, 0.15) is 0 Å². The zero-order valence-electron chi connectivity index (χ0n) is 12.6. The summed E-state index contributed by atoms with van der Waals surface area (Å²) in [6.07, 6.45) is 3.39. The summed E-state index contributed by atoms with van der Waals surface area (Å²) >= 11 is 7.29. The van der Waals surface area contributed by atoms with Crippen LogP contribution in [0.2, 0.25) is 5.02 Å². The number of benzene rings is 1. The van der Waals surface area contributed by atoms with Gasteiger partial charge in [-0.1, -0.05) is 23.7 Å². The quantitative estimate of drug-likeness (QED) is 0.841. The molecule has 0 aliphatic carbocycles. The Labute approximate surface area is 144 Å². The first-order chi connectivity index (χ1) is 10.7. The molecule has 0 saturated heterocycles. The maximum atomic E-state index is 11.8. The third kappa shape index (κ3) is 5.58. The van der Waals surface area contributed by atoms with Crippen LogP contribution in [-0.2, 0) is 21.2 Å². The van der Waals surface area contributed by atoms with Crippen LogP contribution in [0.25, 0.3) is 0 Å². The van der Waals surface area contributed by atoms with Crippen LogP contribution >= 0.6 is 22.9 Å². The van der Waals surface area contributed by atoms with Crippen molar-refractivity contribution in [3.63, 3.8) is 0 Å². The van der Waals surface area contributed by atoms with Crippen LogP contribution in [0.1, 0.15) is 10.4 Å². The van der Waals surface area contributed by atoms with Crippen LogP contribution < -0.4 is 5.32 Å². The molecule has 124 valence electrons. The smallest absolute Gasteiger partial charge is 0.241 e. The number of nitrogens with one attached hydrogen (secondary N) is 1. The highest BCUT2D eigenvalue weighted by atomic mass is 35.5. The van der Waals surface area contributed by atoms with Crippen LogP contribution in [-0.4, -0.2) is 43.5 Å². The average molecular weight is 374 g/mol. The molecule has 6 nitrogen and oxygen atoms in total. The molecule has 1 heterocycles. The lowest BCUT2D eigenvalue weighted by Gasteiger charge is -2.12. The van der Waals surface area contributed by atoms with Gasteiger partial charge < -0.3 is 5.32 Å². The lowest BCUT2D eigenvalue weighted by atomic mass is 10.1. The van der Waals surface area contributed by atoms with Crippen LogP contribution in [0.3, 0.4) is 0 Å². The molecule has 0 aliphatic rings. The maximum absolute atomic E-state index is 11.8. The molecule has 0 fully saturated rings. The highest BCUT2D eigenvalue weighted by Crippen LogP contribution is 2.22. The number of nitrogens with zero attached hydrogens (tertiary/aromatic N) is 2. The number of hydrogen-bond acceptors (Lipinski definition) is 5.